The van der Waals surface area contributed by atoms with Crippen LogP contribution >= 0.6 is 0 Å². The highest BCUT2D eigenvalue weighted by molar-refractivity contribution is 6.00. The molecule has 3 rings (SSSR count). The molecule has 1 aliphatic heterocycles. The first-order chi connectivity index (χ1) is 12.7. The number of carbonyl (C=O) groups is 2. The molecule has 1 N–H and O–H groups in total. The van der Waals surface area contributed by atoms with Crippen LogP contribution in [0.25, 0.3) is 0 Å². The maximum atomic E-state index is 12.8. The Morgan fingerprint density at radius 1 is 1.26 bits per heavy atom. The van der Waals surface area contributed by atoms with E-state index in [-0.39, 0.29) is 18.2 Å². The van der Waals surface area contributed by atoms with Crippen molar-refractivity contribution in [2.75, 3.05) is 23.4 Å². The van der Waals surface area contributed by atoms with Gasteiger partial charge in [0.15, 0.2) is 0 Å². The summed E-state index contributed by atoms with van der Waals surface area (Å²) in [5, 5.41) is 6.75. The van der Waals surface area contributed by atoms with E-state index in [0.717, 1.165) is 5.56 Å². The third-order valence-electron chi connectivity index (χ3n) is 4.51. The zero-order valence-electron chi connectivity index (χ0n) is 16.4. The molecule has 0 saturated carbocycles. The summed E-state index contributed by atoms with van der Waals surface area (Å²) in [6.07, 6.45) is 0.180. The van der Waals surface area contributed by atoms with E-state index in [2.05, 4.69) is 10.5 Å². The molecule has 2 aromatic rings. The van der Waals surface area contributed by atoms with Gasteiger partial charge in [-0.05, 0) is 32.0 Å². The van der Waals surface area contributed by atoms with Crippen LogP contribution in [0.4, 0.5) is 11.4 Å². The van der Waals surface area contributed by atoms with Crippen LogP contribution in [-0.2, 0) is 16.0 Å². The second-order valence-corrected chi connectivity index (χ2v) is 7.77. The Labute approximate surface area is 158 Å². The predicted octanol–water partition coefficient (Wildman–Crippen LogP) is 3.24. The zero-order valence-corrected chi connectivity index (χ0v) is 16.4. The standard InChI is InChI=1S/C20H25N3O4/c1-12-15(13(2)27-22-12)11-18(24)21-14-6-7-17-16(10-14)23(8-9-26-17)19(25)20(3,4)5/h6-7,10H,8-9,11H2,1-5H3,(H,21,24). The van der Waals surface area contributed by atoms with Crippen molar-refractivity contribution in [2.45, 2.75) is 41.0 Å². The summed E-state index contributed by atoms with van der Waals surface area (Å²) in [5.41, 5.74) is 2.29. The summed E-state index contributed by atoms with van der Waals surface area (Å²) in [7, 11) is 0. The number of aryl methyl sites for hydroxylation is 2. The summed E-state index contributed by atoms with van der Waals surface area (Å²) in [4.78, 5) is 26.9. The monoisotopic (exact) mass is 371 g/mol. The molecule has 0 spiro atoms. The summed E-state index contributed by atoms with van der Waals surface area (Å²) >= 11 is 0. The number of aromatic nitrogens is 1. The molecular weight excluding hydrogens is 346 g/mol. The normalized spacial score (nSPS) is 13.7. The number of fused-ring (bicyclic) bond motifs is 1. The molecule has 144 valence electrons. The van der Waals surface area contributed by atoms with Gasteiger partial charge in [-0.25, -0.2) is 0 Å². The lowest BCUT2D eigenvalue weighted by molar-refractivity contribution is -0.126. The van der Waals surface area contributed by atoms with Gasteiger partial charge in [-0.2, -0.15) is 0 Å². The summed E-state index contributed by atoms with van der Waals surface area (Å²) in [5.74, 6) is 1.13. The molecule has 1 aromatic heterocycles. The second kappa shape index (κ2) is 7.06. The molecule has 2 amide bonds. The Bertz CT molecular complexity index is 860. The Morgan fingerprint density at radius 3 is 2.63 bits per heavy atom. The van der Waals surface area contributed by atoms with E-state index in [9.17, 15) is 9.59 Å². The number of hydrogen-bond donors (Lipinski definition) is 1. The van der Waals surface area contributed by atoms with Gasteiger partial charge < -0.3 is 19.5 Å². The fraction of sp³-hybridized carbons (Fsp3) is 0.450. The highest BCUT2D eigenvalue weighted by atomic mass is 16.5. The van der Waals surface area contributed by atoms with Gasteiger partial charge in [0.1, 0.15) is 18.1 Å². The number of benzene rings is 1. The fourth-order valence-electron chi connectivity index (χ4n) is 3.03. The minimum absolute atomic E-state index is 0.0197. The van der Waals surface area contributed by atoms with Crippen LogP contribution in [0.5, 0.6) is 5.75 Å². The maximum Gasteiger partial charge on any atom is 0.232 e. The largest absolute Gasteiger partial charge is 0.490 e. The lowest BCUT2D eigenvalue weighted by Crippen LogP contribution is -2.44. The van der Waals surface area contributed by atoms with Crippen molar-refractivity contribution in [2.24, 2.45) is 5.41 Å². The van der Waals surface area contributed by atoms with Crippen molar-refractivity contribution in [1.29, 1.82) is 0 Å². The van der Waals surface area contributed by atoms with Gasteiger partial charge in [-0.3, -0.25) is 9.59 Å². The smallest absolute Gasteiger partial charge is 0.232 e. The first-order valence-corrected chi connectivity index (χ1v) is 8.97. The Balaban J connectivity index is 1.80. The third-order valence-corrected chi connectivity index (χ3v) is 4.51. The number of amides is 2. The Morgan fingerprint density at radius 2 is 2.00 bits per heavy atom. The number of ether oxygens (including phenoxy) is 1. The molecule has 2 heterocycles. The topological polar surface area (TPSA) is 84.7 Å². The van der Waals surface area contributed by atoms with Crippen LogP contribution in [0.3, 0.4) is 0 Å². The van der Waals surface area contributed by atoms with Gasteiger partial charge in [-0.15, -0.1) is 0 Å². The molecule has 1 aliphatic rings. The van der Waals surface area contributed by atoms with E-state index in [0.29, 0.717) is 41.7 Å². The SMILES string of the molecule is Cc1noc(C)c1CC(=O)Nc1ccc2c(c1)N(C(=O)C(C)(C)C)CCO2. The van der Waals surface area contributed by atoms with Crippen LogP contribution in [0, 0.1) is 19.3 Å². The molecule has 1 aromatic carbocycles. The van der Waals surface area contributed by atoms with Gasteiger partial charge in [0.2, 0.25) is 11.8 Å². The minimum Gasteiger partial charge on any atom is -0.490 e. The second-order valence-electron chi connectivity index (χ2n) is 7.77. The molecule has 7 nitrogen and oxygen atoms in total. The lowest BCUT2D eigenvalue weighted by atomic mass is 9.94. The van der Waals surface area contributed by atoms with Crippen molar-refractivity contribution in [3.8, 4) is 5.75 Å². The van der Waals surface area contributed by atoms with E-state index in [1.54, 1.807) is 30.0 Å². The van der Waals surface area contributed by atoms with Crippen LogP contribution in [-0.4, -0.2) is 30.1 Å². The van der Waals surface area contributed by atoms with Crippen molar-refractivity contribution in [3.05, 3.63) is 35.2 Å². The van der Waals surface area contributed by atoms with E-state index >= 15 is 0 Å². The van der Waals surface area contributed by atoms with Crippen LogP contribution in [0.1, 0.15) is 37.8 Å². The molecule has 0 unspecified atom stereocenters. The van der Waals surface area contributed by atoms with Gasteiger partial charge in [0.05, 0.1) is 24.3 Å². The average Bonchev–Trinajstić information content (AvgIpc) is 2.91. The molecule has 0 radical (unpaired) electrons. The number of rotatable bonds is 3. The van der Waals surface area contributed by atoms with Crippen molar-refractivity contribution in [1.82, 2.24) is 5.16 Å². The molecule has 0 aliphatic carbocycles. The maximum absolute atomic E-state index is 12.8. The first-order valence-electron chi connectivity index (χ1n) is 8.97. The first kappa shape index (κ1) is 18.9. The van der Waals surface area contributed by atoms with Gasteiger partial charge in [-0.1, -0.05) is 25.9 Å². The van der Waals surface area contributed by atoms with Crippen LogP contribution in [0.15, 0.2) is 22.7 Å². The molecule has 7 heteroatoms. The third kappa shape index (κ3) is 3.97. The number of carbonyl (C=O) groups excluding carboxylic acids is 2. The average molecular weight is 371 g/mol. The predicted molar refractivity (Wildman–Crippen MR) is 102 cm³/mol. The van der Waals surface area contributed by atoms with Gasteiger partial charge in [0, 0.05) is 16.7 Å². The molecule has 0 fully saturated rings. The van der Waals surface area contributed by atoms with Crippen molar-refractivity contribution in [3.63, 3.8) is 0 Å². The molecular formula is C20H25N3O4. The summed E-state index contributed by atoms with van der Waals surface area (Å²) in [6.45, 7) is 10.2. The molecule has 0 atom stereocenters. The minimum atomic E-state index is -0.503. The lowest BCUT2D eigenvalue weighted by Gasteiger charge is -2.34. The Hall–Kier alpha value is -2.83. The zero-order chi connectivity index (χ0) is 19.8. The quantitative estimate of drug-likeness (QED) is 0.895. The van der Waals surface area contributed by atoms with Gasteiger partial charge in [0.25, 0.3) is 0 Å². The molecule has 0 bridgehead atoms. The highest BCUT2D eigenvalue weighted by Crippen LogP contribution is 2.36. The number of anilines is 2. The Kier molecular flexibility index (Phi) is 4.95. The van der Waals surface area contributed by atoms with E-state index < -0.39 is 5.41 Å². The van der Waals surface area contributed by atoms with E-state index in [1.165, 1.54) is 0 Å². The number of nitrogens with one attached hydrogen (secondary N) is 1. The molecule has 0 saturated heterocycles. The van der Waals surface area contributed by atoms with Crippen LogP contribution < -0.4 is 15.0 Å². The number of hydrogen-bond acceptors (Lipinski definition) is 5. The summed E-state index contributed by atoms with van der Waals surface area (Å²) in [6, 6.07) is 5.33. The van der Waals surface area contributed by atoms with E-state index in [1.807, 2.05) is 27.7 Å². The van der Waals surface area contributed by atoms with Crippen molar-refractivity contribution >= 4 is 23.2 Å². The molecule has 27 heavy (non-hydrogen) atoms. The van der Waals surface area contributed by atoms with Crippen LogP contribution in [0.2, 0.25) is 0 Å². The van der Waals surface area contributed by atoms with Crippen molar-refractivity contribution < 1.29 is 18.8 Å². The summed E-state index contributed by atoms with van der Waals surface area (Å²) < 4.78 is 10.8. The number of nitrogens with zero attached hydrogens (tertiary/aromatic N) is 2. The van der Waals surface area contributed by atoms with Gasteiger partial charge >= 0.3 is 0 Å². The van der Waals surface area contributed by atoms with E-state index in [4.69, 9.17) is 9.26 Å². The highest BCUT2D eigenvalue weighted by Gasteiger charge is 2.32. The fourth-order valence-corrected chi connectivity index (χ4v) is 3.03.